The summed E-state index contributed by atoms with van der Waals surface area (Å²) in [5.74, 6) is 2.02. The molecular formula is C28H36O4. The molecular weight excluding hydrogens is 400 g/mol. The van der Waals surface area contributed by atoms with Gasteiger partial charge in [-0.25, -0.2) is 0 Å². The van der Waals surface area contributed by atoms with Gasteiger partial charge in [0.1, 0.15) is 18.1 Å². The predicted octanol–water partition coefficient (Wildman–Crippen LogP) is 6.13. The Morgan fingerprint density at radius 3 is 2.19 bits per heavy atom. The van der Waals surface area contributed by atoms with Crippen LogP contribution in [-0.2, 0) is 14.9 Å². The molecule has 0 unspecified atom stereocenters. The van der Waals surface area contributed by atoms with Crippen LogP contribution >= 0.6 is 0 Å². The van der Waals surface area contributed by atoms with Crippen LogP contribution in [0, 0.1) is 11.8 Å². The lowest BCUT2D eigenvalue weighted by atomic mass is 9.65. The highest BCUT2D eigenvalue weighted by atomic mass is 16.5. The van der Waals surface area contributed by atoms with Crippen molar-refractivity contribution in [3.63, 3.8) is 0 Å². The number of phenols is 2. The Morgan fingerprint density at radius 1 is 1.00 bits per heavy atom. The highest BCUT2D eigenvalue weighted by Gasteiger charge is 2.42. The molecule has 2 bridgehead atoms. The quantitative estimate of drug-likeness (QED) is 0.522. The zero-order valence-corrected chi connectivity index (χ0v) is 19.3. The number of ether oxygens (including phenoxy) is 1. The van der Waals surface area contributed by atoms with E-state index < -0.39 is 5.41 Å². The molecule has 4 rings (SSSR count). The first kappa shape index (κ1) is 22.8. The van der Waals surface area contributed by atoms with Crippen LogP contribution < -0.4 is 0 Å². The molecule has 2 N–H and O–H groups in total. The van der Waals surface area contributed by atoms with Crippen LogP contribution in [0.4, 0.5) is 0 Å². The minimum Gasteiger partial charge on any atom is -0.508 e. The van der Waals surface area contributed by atoms with E-state index in [1.165, 1.54) is 32.1 Å². The number of ketones is 1. The molecule has 0 spiro atoms. The van der Waals surface area contributed by atoms with E-state index >= 15 is 0 Å². The van der Waals surface area contributed by atoms with Crippen molar-refractivity contribution in [2.45, 2.75) is 76.2 Å². The van der Waals surface area contributed by atoms with Crippen LogP contribution in [0.25, 0.3) is 0 Å². The Morgan fingerprint density at radius 2 is 1.59 bits per heavy atom. The first-order valence-corrected chi connectivity index (χ1v) is 12.0. The number of hydrogen-bond acceptors (Lipinski definition) is 4. The average Bonchev–Trinajstić information content (AvgIpc) is 2.80. The Bertz CT molecular complexity index is 872. The summed E-state index contributed by atoms with van der Waals surface area (Å²) in [7, 11) is 0. The fourth-order valence-electron chi connectivity index (χ4n) is 5.81. The summed E-state index contributed by atoms with van der Waals surface area (Å²) in [5, 5.41) is 19.4. The smallest absolute Gasteiger partial charge is 0.158 e. The number of fused-ring (bicyclic) bond motifs is 2. The van der Waals surface area contributed by atoms with E-state index in [2.05, 4.69) is 13.8 Å². The van der Waals surface area contributed by atoms with Gasteiger partial charge in [-0.1, -0.05) is 44.0 Å². The maximum Gasteiger partial charge on any atom is 0.158 e. The van der Waals surface area contributed by atoms with E-state index in [0.29, 0.717) is 18.8 Å². The van der Waals surface area contributed by atoms with E-state index in [1.54, 1.807) is 24.3 Å². The highest BCUT2D eigenvalue weighted by molar-refractivity contribution is 5.80. The van der Waals surface area contributed by atoms with Crippen LogP contribution in [-0.4, -0.2) is 28.2 Å². The molecule has 4 nitrogen and oxygen atoms in total. The van der Waals surface area contributed by atoms with Gasteiger partial charge in [0, 0.05) is 11.8 Å². The molecule has 0 saturated heterocycles. The SMILES string of the molecule is CC(CCC(=O)CO[C@@]1(C)CC[C@H]2CCC[C@@H]1C2)(c1ccc(O)cc1)c1ccc(O)cc1. The Balaban J connectivity index is 1.43. The van der Waals surface area contributed by atoms with Crippen LogP contribution in [0.2, 0.25) is 0 Å². The lowest BCUT2D eigenvalue weighted by Crippen LogP contribution is -2.45. The minimum absolute atomic E-state index is 0.132. The third kappa shape index (κ3) is 4.85. The van der Waals surface area contributed by atoms with Crippen molar-refractivity contribution < 1.29 is 19.7 Å². The number of carbonyl (C=O) groups excluding carboxylic acids is 1. The average molecular weight is 437 g/mol. The molecule has 2 aromatic rings. The van der Waals surface area contributed by atoms with Crippen LogP contribution in [0.15, 0.2) is 48.5 Å². The predicted molar refractivity (Wildman–Crippen MR) is 126 cm³/mol. The van der Waals surface area contributed by atoms with E-state index in [-0.39, 0.29) is 29.5 Å². The van der Waals surface area contributed by atoms with Gasteiger partial charge in [-0.05, 0) is 86.3 Å². The molecule has 0 radical (unpaired) electrons. The molecule has 0 amide bonds. The van der Waals surface area contributed by atoms with Gasteiger partial charge >= 0.3 is 0 Å². The van der Waals surface area contributed by atoms with Crippen molar-refractivity contribution in [1.29, 1.82) is 0 Å². The molecule has 32 heavy (non-hydrogen) atoms. The fourth-order valence-corrected chi connectivity index (χ4v) is 5.81. The maximum absolute atomic E-state index is 12.9. The molecule has 2 aromatic carbocycles. The van der Waals surface area contributed by atoms with Crippen molar-refractivity contribution in [3.8, 4) is 11.5 Å². The van der Waals surface area contributed by atoms with Crippen LogP contribution in [0.5, 0.6) is 11.5 Å². The van der Waals surface area contributed by atoms with Gasteiger partial charge in [0.25, 0.3) is 0 Å². The van der Waals surface area contributed by atoms with Gasteiger partial charge in [0.15, 0.2) is 5.78 Å². The molecule has 0 heterocycles. The summed E-state index contributed by atoms with van der Waals surface area (Å²) in [6, 6.07) is 14.4. The van der Waals surface area contributed by atoms with Crippen molar-refractivity contribution in [3.05, 3.63) is 59.7 Å². The van der Waals surface area contributed by atoms with E-state index in [4.69, 9.17) is 4.74 Å². The largest absolute Gasteiger partial charge is 0.508 e. The van der Waals surface area contributed by atoms with Gasteiger partial charge in [-0.15, -0.1) is 0 Å². The normalized spacial score (nSPS) is 25.4. The van der Waals surface area contributed by atoms with Crippen molar-refractivity contribution >= 4 is 5.78 Å². The number of carbonyl (C=O) groups is 1. The van der Waals surface area contributed by atoms with E-state index in [0.717, 1.165) is 23.5 Å². The number of rotatable bonds is 8. The van der Waals surface area contributed by atoms with Crippen molar-refractivity contribution in [2.24, 2.45) is 11.8 Å². The molecule has 172 valence electrons. The monoisotopic (exact) mass is 436 g/mol. The summed E-state index contributed by atoms with van der Waals surface area (Å²) >= 11 is 0. The second-order valence-corrected chi connectivity index (χ2v) is 10.3. The van der Waals surface area contributed by atoms with Gasteiger partial charge in [0.05, 0.1) is 5.60 Å². The topological polar surface area (TPSA) is 66.8 Å². The lowest BCUT2D eigenvalue weighted by molar-refractivity contribution is -0.144. The fraction of sp³-hybridized carbons (Fsp3) is 0.536. The molecule has 2 aliphatic rings. The second-order valence-electron chi connectivity index (χ2n) is 10.3. The minimum atomic E-state index is -0.414. The molecule has 2 saturated carbocycles. The maximum atomic E-state index is 12.9. The van der Waals surface area contributed by atoms with Crippen molar-refractivity contribution in [1.82, 2.24) is 0 Å². The van der Waals surface area contributed by atoms with Gasteiger partial charge in [-0.2, -0.15) is 0 Å². The number of hydrogen-bond donors (Lipinski definition) is 2. The van der Waals surface area contributed by atoms with Crippen LogP contribution in [0.1, 0.15) is 76.3 Å². The van der Waals surface area contributed by atoms with Gasteiger partial charge in [0.2, 0.25) is 0 Å². The summed E-state index contributed by atoms with van der Waals surface area (Å²) in [6.45, 7) is 4.51. The summed E-state index contributed by atoms with van der Waals surface area (Å²) in [6.07, 6.45) is 8.47. The molecule has 4 heteroatoms. The molecule has 3 atom stereocenters. The first-order chi connectivity index (χ1) is 15.3. The zero-order valence-electron chi connectivity index (χ0n) is 19.3. The number of aromatic hydroxyl groups is 2. The molecule has 0 aliphatic heterocycles. The summed E-state index contributed by atoms with van der Waals surface area (Å²) < 4.78 is 6.31. The zero-order chi connectivity index (χ0) is 22.8. The van der Waals surface area contributed by atoms with Crippen LogP contribution in [0.3, 0.4) is 0 Å². The number of Topliss-reactive ketones (excluding diaryl/α,β-unsaturated/α-hetero) is 1. The highest BCUT2D eigenvalue weighted by Crippen LogP contribution is 2.47. The van der Waals surface area contributed by atoms with Gasteiger partial charge in [-0.3, -0.25) is 4.79 Å². The Kier molecular flexibility index (Phi) is 6.62. The molecule has 2 fully saturated rings. The van der Waals surface area contributed by atoms with Crippen molar-refractivity contribution in [2.75, 3.05) is 6.61 Å². The summed E-state index contributed by atoms with van der Waals surface area (Å²) in [5.41, 5.74) is 1.48. The Labute approximate surface area is 191 Å². The molecule has 0 aromatic heterocycles. The third-order valence-corrected chi connectivity index (χ3v) is 8.17. The third-order valence-electron chi connectivity index (χ3n) is 8.17. The van der Waals surface area contributed by atoms with E-state index in [1.807, 2.05) is 24.3 Å². The second kappa shape index (κ2) is 9.27. The number of benzene rings is 2. The summed E-state index contributed by atoms with van der Waals surface area (Å²) in [4.78, 5) is 12.9. The number of phenolic OH excluding ortho intramolecular Hbond substituents is 2. The lowest BCUT2D eigenvalue weighted by Gasteiger charge is -2.47. The molecule has 2 aliphatic carbocycles. The standard InChI is InChI=1S/C28H36O4/c1-27(21-6-10-24(29)11-7-21,22-8-12-25(30)13-9-22)16-15-26(31)19-32-28(2)17-14-20-4-3-5-23(28)18-20/h6-13,20,23,29-30H,3-5,14-19H2,1-2H3/t20-,23-,28+/m1/s1. The first-order valence-electron chi connectivity index (χ1n) is 12.0. The van der Waals surface area contributed by atoms with Gasteiger partial charge < -0.3 is 14.9 Å². The van der Waals surface area contributed by atoms with E-state index in [9.17, 15) is 15.0 Å². The Hall–Kier alpha value is -2.33.